The Hall–Kier alpha value is -3.29. The van der Waals surface area contributed by atoms with Crippen molar-refractivity contribution in [3.8, 4) is 5.75 Å². The van der Waals surface area contributed by atoms with Crippen LogP contribution in [-0.2, 0) is 11.3 Å². The Balaban J connectivity index is 2.17. The first kappa shape index (κ1) is 17.1. The van der Waals surface area contributed by atoms with Gasteiger partial charge in [0.15, 0.2) is 18.2 Å². The van der Waals surface area contributed by atoms with Crippen molar-refractivity contribution in [3.63, 3.8) is 0 Å². The van der Waals surface area contributed by atoms with Crippen molar-refractivity contribution >= 4 is 23.1 Å². The van der Waals surface area contributed by atoms with Gasteiger partial charge < -0.3 is 10.1 Å². The Bertz CT molecular complexity index is 804. The van der Waals surface area contributed by atoms with E-state index >= 15 is 0 Å². The summed E-state index contributed by atoms with van der Waals surface area (Å²) in [6.45, 7) is 1.35. The minimum absolute atomic E-state index is 0.0779. The number of nitrogens with one attached hydrogen (secondary N) is 1. The predicted molar refractivity (Wildman–Crippen MR) is 84.9 cm³/mol. The Morgan fingerprint density at radius 3 is 2.71 bits per heavy atom. The second-order valence-electron chi connectivity index (χ2n) is 5.01. The van der Waals surface area contributed by atoms with Crippen LogP contribution in [-0.4, -0.2) is 23.7 Å². The van der Waals surface area contributed by atoms with Crippen molar-refractivity contribution in [2.45, 2.75) is 13.5 Å². The minimum atomic E-state index is -0.596. The van der Waals surface area contributed by atoms with Gasteiger partial charge in [-0.05, 0) is 25.1 Å². The van der Waals surface area contributed by atoms with Crippen molar-refractivity contribution in [1.29, 1.82) is 0 Å². The third kappa shape index (κ3) is 4.13. The van der Waals surface area contributed by atoms with E-state index in [1.54, 1.807) is 24.5 Å². The van der Waals surface area contributed by atoms with Crippen LogP contribution in [0.4, 0.5) is 11.4 Å². The summed E-state index contributed by atoms with van der Waals surface area (Å²) in [7, 11) is 1.40. The van der Waals surface area contributed by atoms with E-state index < -0.39 is 10.8 Å². The topological polar surface area (TPSA) is 102 Å². The molecule has 1 aromatic heterocycles. The number of hydrogen-bond acceptors (Lipinski definition) is 5. The molecule has 0 saturated heterocycles. The zero-order chi connectivity index (χ0) is 17.7. The van der Waals surface area contributed by atoms with E-state index in [-0.39, 0.29) is 23.7 Å². The summed E-state index contributed by atoms with van der Waals surface area (Å²) >= 11 is 0. The molecule has 0 aliphatic rings. The average Bonchev–Trinajstić information content (AvgIpc) is 2.55. The molecule has 1 N–H and O–H groups in total. The zero-order valence-corrected chi connectivity index (χ0v) is 13.2. The molecule has 0 fully saturated rings. The van der Waals surface area contributed by atoms with Gasteiger partial charge in [0.2, 0.25) is 6.54 Å². The number of nitro groups is 1. The van der Waals surface area contributed by atoms with Crippen LogP contribution in [0, 0.1) is 10.1 Å². The van der Waals surface area contributed by atoms with Crippen LogP contribution in [0.5, 0.6) is 5.75 Å². The minimum Gasteiger partial charge on any atom is -0.496 e. The third-order valence-corrected chi connectivity index (χ3v) is 3.27. The Morgan fingerprint density at radius 1 is 1.33 bits per heavy atom. The fourth-order valence-corrected chi connectivity index (χ4v) is 2.08. The van der Waals surface area contributed by atoms with Crippen LogP contribution in [0.1, 0.15) is 17.3 Å². The molecule has 1 heterocycles. The second-order valence-corrected chi connectivity index (χ2v) is 5.01. The van der Waals surface area contributed by atoms with Gasteiger partial charge in [-0.1, -0.05) is 0 Å². The Morgan fingerprint density at radius 2 is 2.08 bits per heavy atom. The lowest BCUT2D eigenvalue weighted by molar-refractivity contribution is -0.684. The lowest BCUT2D eigenvalue weighted by Crippen LogP contribution is -2.40. The van der Waals surface area contributed by atoms with Gasteiger partial charge in [-0.25, -0.2) is 0 Å². The maximum atomic E-state index is 12.1. The predicted octanol–water partition coefficient (Wildman–Crippen LogP) is 1.73. The molecule has 0 bridgehead atoms. The maximum absolute atomic E-state index is 12.1. The number of anilines is 1. The number of methoxy groups -OCH3 is 1. The highest BCUT2D eigenvalue weighted by atomic mass is 16.6. The largest absolute Gasteiger partial charge is 0.496 e. The molecule has 0 spiro atoms. The third-order valence-electron chi connectivity index (χ3n) is 3.27. The quantitative estimate of drug-likeness (QED) is 0.376. The zero-order valence-electron chi connectivity index (χ0n) is 13.2. The number of benzene rings is 1. The molecule has 1 aromatic carbocycles. The van der Waals surface area contributed by atoms with Crippen molar-refractivity contribution in [2.75, 3.05) is 12.4 Å². The number of ketones is 1. The van der Waals surface area contributed by atoms with Gasteiger partial charge in [-0.3, -0.25) is 19.7 Å². The fourth-order valence-electron chi connectivity index (χ4n) is 2.08. The molecule has 0 radical (unpaired) electrons. The standard InChI is InChI=1S/C16H15N3O5/c1-11(20)12-4-3-7-18(9-12)10-16(21)17-14-6-5-13(24-2)8-15(14)19(22)23/h3-9H,10H2,1-2H3/p+1. The molecule has 8 heteroatoms. The van der Waals surface area contributed by atoms with Gasteiger partial charge in [0.1, 0.15) is 11.4 Å². The second kappa shape index (κ2) is 7.32. The smallest absolute Gasteiger partial charge is 0.296 e. The van der Waals surface area contributed by atoms with Crippen molar-refractivity contribution in [2.24, 2.45) is 0 Å². The first-order chi connectivity index (χ1) is 11.4. The number of ether oxygens (including phenoxy) is 1. The van der Waals surface area contributed by atoms with Crippen LogP contribution >= 0.6 is 0 Å². The number of hydrogen-bond donors (Lipinski definition) is 1. The summed E-state index contributed by atoms with van der Waals surface area (Å²) in [6, 6.07) is 7.46. The highest BCUT2D eigenvalue weighted by molar-refractivity contribution is 5.94. The number of Topliss-reactive ketones (excluding diaryl/α,β-unsaturated/α-hetero) is 1. The molecule has 8 nitrogen and oxygen atoms in total. The first-order valence-corrected chi connectivity index (χ1v) is 7.03. The molecule has 0 atom stereocenters. The van der Waals surface area contributed by atoms with Crippen LogP contribution in [0.25, 0.3) is 0 Å². The van der Waals surface area contributed by atoms with E-state index in [0.29, 0.717) is 11.3 Å². The molecular formula is C16H16N3O5+. The molecule has 2 rings (SSSR count). The summed E-state index contributed by atoms with van der Waals surface area (Å²) in [4.78, 5) is 34.0. The maximum Gasteiger partial charge on any atom is 0.296 e. The van der Waals surface area contributed by atoms with Gasteiger partial charge in [0, 0.05) is 6.07 Å². The summed E-state index contributed by atoms with van der Waals surface area (Å²) in [6.07, 6.45) is 3.18. The summed E-state index contributed by atoms with van der Waals surface area (Å²) < 4.78 is 6.47. The molecule has 0 aliphatic heterocycles. The number of rotatable bonds is 6. The molecule has 1 amide bonds. The first-order valence-electron chi connectivity index (χ1n) is 7.03. The van der Waals surface area contributed by atoms with Gasteiger partial charge in [0.05, 0.1) is 23.7 Å². The number of aromatic nitrogens is 1. The molecule has 0 aliphatic carbocycles. The number of amides is 1. The number of pyridine rings is 1. The number of nitrogens with zero attached hydrogens (tertiary/aromatic N) is 2. The summed E-state index contributed by atoms with van der Waals surface area (Å²) in [5.41, 5.74) is 0.292. The Kier molecular flexibility index (Phi) is 5.20. The molecular weight excluding hydrogens is 314 g/mol. The molecule has 0 saturated carbocycles. The average molecular weight is 330 g/mol. The van der Waals surface area contributed by atoms with E-state index in [2.05, 4.69) is 5.32 Å². The molecule has 24 heavy (non-hydrogen) atoms. The summed E-state index contributed by atoms with van der Waals surface area (Å²) in [5.74, 6) is -0.243. The van der Waals surface area contributed by atoms with E-state index in [1.165, 1.54) is 36.8 Å². The van der Waals surface area contributed by atoms with E-state index in [1.807, 2.05) is 0 Å². The van der Waals surface area contributed by atoms with Gasteiger partial charge in [-0.15, -0.1) is 0 Å². The normalized spacial score (nSPS) is 10.1. The molecule has 2 aromatic rings. The van der Waals surface area contributed by atoms with Crippen LogP contribution in [0.2, 0.25) is 0 Å². The van der Waals surface area contributed by atoms with E-state index in [4.69, 9.17) is 4.74 Å². The number of carbonyl (C=O) groups is 2. The molecule has 124 valence electrons. The Labute approximate surface area is 137 Å². The van der Waals surface area contributed by atoms with Crippen molar-refractivity contribution in [1.82, 2.24) is 0 Å². The lowest BCUT2D eigenvalue weighted by atomic mass is 10.2. The van der Waals surface area contributed by atoms with Gasteiger partial charge >= 0.3 is 0 Å². The highest BCUT2D eigenvalue weighted by Crippen LogP contribution is 2.28. The van der Waals surface area contributed by atoms with E-state index in [9.17, 15) is 19.7 Å². The van der Waals surface area contributed by atoms with Crippen molar-refractivity contribution in [3.05, 3.63) is 58.4 Å². The lowest BCUT2D eigenvalue weighted by Gasteiger charge is -2.06. The highest BCUT2D eigenvalue weighted by Gasteiger charge is 2.19. The van der Waals surface area contributed by atoms with Gasteiger partial charge in [0.25, 0.3) is 11.6 Å². The van der Waals surface area contributed by atoms with Gasteiger partial charge in [-0.2, -0.15) is 4.57 Å². The van der Waals surface area contributed by atoms with E-state index in [0.717, 1.165) is 0 Å². The van der Waals surface area contributed by atoms with Crippen LogP contribution in [0.3, 0.4) is 0 Å². The SMILES string of the molecule is COc1ccc(NC(=O)C[n+]2cccc(C(C)=O)c2)c([N+](=O)[O-])c1. The number of carbonyl (C=O) groups excluding carboxylic acids is 2. The summed E-state index contributed by atoms with van der Waals surface area (Å²) in [5, 5.41) is 13.6. The monoisotopic (exact) mass is 330 g/mol. The number of nitro benzene ring substituents is 1. The fraction of sp³-hybridized carbons (Fsp3) is 0.188. The van der Waals surface area contributed by atoms with Crippen molar-refractivity contribution < 1.29 is 23.8 Å². The molecule has 0 unspecified atom stereocenters. The van der Waals surface area contributed by atoms with Crippen LogP contribution in [0.15, 0.2) is 42.7 Å². The van der Waals surface area contributed by atoms with Crippen LogP contribution < -0.4 is 14.6 Å².